The first-order valence-electron chi connectivity index (χ1n) is 5.39. The van der Waals surface area contributed by atoms with Gasteiger partial charge < -0.3 is 5.32 Å². The minimum Gasteiger partial charge on any atom is -0.375 e. The molecule has 0 unspecified atom stereocenters. The summed E-state index contributed by atoms with van der Waals surface area (Å²) in [4.78, 5) is 10.6. The molecule has 0 aliphatic carbocycles. The Morgan fingerprint density at radius 1 is 1.37 bits per heavy atom. The first kappa shape index (κ1) is 13.4. The summed E-state index contributed by atoms with van der Waals surface area (Å²) in [5.41, 5.74) is 0.0754. The summed E-state index contributed by atoms with van der Waals surface area (Å²) in [6.45, 7) is 2.17. The van der Waals surface area contributed by atoms with Gasteiger partial charge in [0, 0.05) is 11.4 Å². The van der Waals surface area contributed by atoms with Crippen molar-refractivity contribution in [2.24, 2.45) is 0 Å². The van der Waals surface area contributed by atoms with Crippen LogP contribution >= 0.6 is 11.3 Å². The van der Waals surface area contributed by atoms with E-state index in [1.165, 1.54) is 11.3 Å². The molecular formula is C12H10F2N2O2S. The van der Waals surface area contributed by atoms with Gasteiger partial charge in [-0.15, -0.1) is 11.3 Å². The number of halogens is 2. The molecule has 0 amide bonds. The van der Waals surface area contributed by atoms with Crippen LogP contribution in [0.3, 0.4) is 0 Å². The number of rotatable bonds is 4. The predicted molar refractivity (Wildman–Crippen MR) is 69.4 cm³/mol. The molecule has 0 aliphatic heterocycles. The molecule has 1 aromatic heterocycles. The normalized spacial score (nSPS) is 10.5. The molecule has 1 heterocycles. The first-order valence-corrected chi connectivity index (χ1v) is 6.27. The molecule has 0 spiro atoms. The van der Waals surface area contributed by atoms with E-state index in [9.17, 15) is 18.9 Å². The fourth-order valence-corrected chi connectivity index (χ4v) is 2.43. The van der Waals surface area contributed by atoms with E-state index >= 15 is 0 Å². The second kappa shape index (κ2) is 5.31. The highest BCUT2D eigenvalue weighted by atomic mass is 32.1. The Bertz CT molecular complexity index is 605. The maximum absolute atomic E-state index is 13.6. The van der Waals surface area contributed by atoms with Crippen molar-refractivity contribution in [2.45, 2.75) is 13.5 Å². The summed E-state index contributed by atoms with van der Waals surface area (Å²) in [5, 5.41) is 15.0. The van der Waals surface area contributed by atoms with E-state index < -0.39 is 22.2 Å². The molecule has 2 rings (SSSR count). The summed E-state index contributed by atoms with van der Waals surface area (Å²) in [6.07, 6.45) is 0. The van der Waals surface area contributed by atoms with E-state index in [1.807, 2.05) is 18.4 Å². The van der Waals surface area contributed by atoms with Crippen LogP contribution in [0, 0.1) is 28.7 Å². The summed E-state index contributed by atoms with van der Waals surface area (Å²) in [7, 11) is 0. The van der Waals surface area contributed by atoms with Crippen LogP contribution in [0.1, 0.15) is 10.4 Å². The van der Waals surface area contributed by atoms with E-state index in [0.29, 0.717) is 12.1 Å². The van der Waals surface area contributed by atoms with E-state index in [1.54, 1.807) is 0 Å². The van der Waals surface area contributed by atoms with E-state index in [0.717, 1.165) is 10.4 Å². The monoisotopic (exact) mass is 284 g/mol. The van der Waals surface area contributed by atoms with Gasteiger partial charge in [0.15, 0.2) is 11.6 Å². The zero-order valence-electron chi connectivity index (χ0n) is 9.94. The van der Waals surface area contributed by atoms with Gasteiger partial charge in [0.25, 0.3) is 5.69 Å². The summed E-state index contributed by atoms with van der Waals surface area (Å²) in [6, 6.07) is 3.31. The topological polar surface area (TPSA) is 55.2 Å². The van der Waals surface area contributed by atoms with Gasteiger partial charge in [0.2, 0.25) is 0 Å². The van der Waals surface area contributed by atoms with Crippen LogP contribution in [-0.2, 0) is 6.54 Å². The molecule has 0 bridgehead atoms. The average Bonchev–Trinajstić information content (AvgIpc) is 2.73. The molecule has 0 aliphatic rings. The van der Waals surface area contributed by atoms with E-state index in [-0.39, 0.29) is 12.2 Å². The van der Waals surface area contributed by atoms with E-state index in [2.05, 4.69) is 5.32 Å². The molecule has 1 aromatic carbocycles. The van der Waals surface area contributed by atoms with Gasteiger partial charge in [-0.25, -0.2) is 8.78 Å². The SMILES string of the molecule is Cc1ccsc1CNc1c(F)cc([N+](=O)[O-])cc1F. The highest BCUT2D eigenvalue weighted by Crippen LogP contribution is 2.26. The molecule has 0 fully saturated rings. The molecule has 0 atom stereocenters. The minimum absolute atomic E-state index is 0.273. The number of benzene rings is 1. The number of non-ortho nitro benzene ring substituents is 1. The third-order valence-corrected chi connectivity index (χ3v) is 3.65. The molecule has 1 N–H and O–H groups in total. The molecule has 0 radical (unpaired) electrons. The zero-order valence-corrected chi connectivity index (χ0v) is 10.8. The van der Waals surface area contributed by atoms with Crippen molar-refractivity contribution in [3.8, 4) is 0 Å². The number of nitro benzene ring substituents is 1. The Labute approximate surface area is 111 Å². The van der Waals surface area contributed by atoms with Gasteiger partial charge in [0.1, 0.15) is 5.69 Å². The number of thiophene rings is 1. The van der Waals surface area contributed by atoms with Crippen LogP contribution in [0.5, 0.6) is 0 Å². The second-order valence-electron chi connectivity index (χ2n) is 3.92. The van der Waals surface area contributed by atoms with Crippen LogP contribution < -0.4 is 5.32 Å². The van der Waals surface area contributed by atoms with Gasteiger partial charge in [-0.2, -0.15) is 0 Å². The third-order valence-electron chi connectivity index (χ3n) is 2.63. The number of nitrogens with one attached hydrogen (secondary N) is 1. The number of hydrogen-bond acceptors (Lipinski definition) is 4. The van der Waals surface area contributed by atoms with Gasteiger partial charge in [-0.3, -0.25) is 10.1 Å². The van der Waals surface area contributed by atoms with Crippen LogP contribution in [0.15, 0.2) is 23.6 Å². The standard InChI is InChI=1S/C12H10F2N2O2S/c1-7-2-3-19-11(7)6-15-12-9(13)4-8(16(17)18)5-10(12)14/h2-5,15H,6H2,1H3. The third kappa shape index (κ3) is 2.87. The second-order valence-corrected chi connectivity index (χ2v) is 4.92. The van der Waals surface area contributed by atoms with Crippen molar-refractivity contribution in [1.29, 1.82) is 0 Å². The number of anilines is 1. The largest absolute Gasteiger partial charge is 0.375 e. The maximum atomic E-state index is 13.6. The summed E-state index contributed by atoms with van der Waals surface area (Å²) in [5.74, 6) is -1.94. The van der Waals surface area contributed by atoms with Crippen LogP contribution in [-0.4, -0.2) is 4.92 Å². The minimum atomic E-state index is -0.971. The quantitative estimate of drug-likeness (QED) is 0.685. The van der Waals surface area contributed by atoms with Crippen LogP contribution in [0.2, 0.25) is 0 Å². The Balaban J connectivity index is 2.21. The van der Waals surface area contributed by atoms with E-state index in [4.69, 9.17) is 0 Å². The van der Waals surface area contributed by atoms with Crippen molar-refractivity contribution >= 4 is 22.7 Å². The number of nitrogens with zero attached hydrogens (tertiary/aromatic N) is 1. The molecule has 0 saturated carbocycles. The fourth-order valence-electron chi connectivity index (χ4n) is 1.59. The lowest BCUT2D eigenvalue weighted by Crippen LogP contribution is -2.04. The predicted octanol–water partition coefficient (Wildman–Crippen LogP) is 3.86. The van der Waals surface area contributed by atoms with Gasteiger partial charge in [-0.05, 0) is 23.9 Å². The van der Waals surface area contributed by atoms with Crippen LogP contribution in [0.25, 0.3) is 0 Å². The van der Waals surface area contributed by atoms with Crippen molar-refractivity contribution in [3.63, 3.8) is 0 Å². The Kier molecular flexibility index (Phi) is 3.75. The van der Waals surface area contributed by atoms with Crippen molar-refractivity contribution in [2.75, 3.05) is 5.32 Å². The van der Waals surface area contributed by atoms with Crippen LogP contribution in [0.4, 0.5) is 20.2 Å². The lowest BCUT2D eigenvalue weighted by Gasteiger charge is -2.08. The molecule has 19 heavy (non-hydrogen) atoms. The lowest BCUT2D eigenvalue weighted by atomic mass is 10.2. The van der Waals surface area contributed by atoms with Gasteiger partial charge >= 0.3 is 0 Å². The van der Waals surface area contributed by atoms with Crippen molar-refractivity contribution < 1.29 is 13.7 Å². The number of nitro groups is 1. The average molecular weight is 284 g/mol. The summed E-state index contributed by atoms with van der Waals surface area (Å²) >= 11 is 1.47. The smallest absolute Gasteiger partial charge is 0.275 e. The Morgan fingerprint density at radius 3 is 2.47 bits per heavy atom. The highest BCUT2D eigenvalue weighted by Gasteiger charge is 2.17. The molecular weight excluding hydrogens is 274 g/mol. The maximum Gasteiger partial charge on any atom is 0.275 e. The first-order chi connectivity index (χ1) is 8.99. The molecule has 4 nitrogen and oxygen atoms in total. The van der Waals surface area contributed by atoms with Gasteiger partial charge in [-0.1, -0.05) is 0 Å². The highest BCUT2D eigenvalue weighted by molar-refractivity contribution is 7.10. The zero-order chi connectivity index (χ0) is 14.0. The van der Waals surface area contributed by atoms with Crippen molar-refractivity contribution in [3.05, 3.63) is 55.8 Å². The van der Waals surface area contributed by atoms with Crippen molar-refractivity contribution in [1.82, 2.24) is 0 Å². The molecule has 0 saturated heterocycles. The Hall–Kier alpha value is -2.02. The van der Waals surface area contributed by atoms with Gasteiger partial charge in [0.05, 0.1) is 17.1 Å². The fraction of sp³-hybridized carbons (Fsp3) is 0.167. The summed E-state index contributed by atoms with van der Waals surface area (Å²) < 4.78 is 27.2. The molecule has 100 valence electrons. The lowest BCUT2D eigenvalue weighted by molar-refractivity contribution is -0.385. The molecule has 2 aromatic rings. The molecule has 7 heteroatoms. The number of hydrogen-bond donors (Lipinski definition) is 1. The Morgan fingerprint density at radius 2 is 2.00 bits per heavy atom. The number of aryl methyl sites for hydroxylation is 1.